The molecule has 0 spiro atoms. The summed E-state index contributed by atoms with van der Waals surface area (Å²) in [5.41, 5.74) is 2.74. The van der Waals surface area contributed by atoms with E-state index in [1.807, 2.05) is 36.4 Å². The fourth-order valence-electron chi connectivity index (χ4n) is 3.86. The lowest BCUT2D eigenvalue weighted by atomic mass is 10.1. The summed E-state index contributed by atoms with van der Waals surface area (Å²) < 4.78 is 11.6. The van der Waals surface area contributed by atoms with Crippen molar-refractivity contribution >= 4 is 34.2 Å². The van der Waals surface area contributed by atoms with Gasteiger partial charge in [0.25, 0.3) is 11.8 Å². The number of hydrogen-bond acceptors (Lipinski definition) is 6. The summed E-state index contributed by atoms with van der Waals surface area (Å²) in [5.74, 6) is 0.926. The highest BCUT2D eigenvalue weighted by Crippen LogP contribution is 2.34. The first kappa shape index (κ1) is 20.6. The Hall–Kier alpha value is -4.33. The van der Waals surface area contributed by atoms with E-state index in [2.05, 4.69) is 15.7 Å². The number of nitrogens with one attached hydrogen (secondary N) is 2. The van der Waals surface area contributed by atoms with E-state index in [0.29, 0.717) is 29.2 Å². The van der Waals surface area contributed by atoms with Crippen molar-refractivity contribution in [1.29, 1.82) is 0 Å². The largest absolute Gasteiger partial charge is 0.467 e. The van der Waals surface area contributed by atoms with Crippen LogP contribution in [0.5, 0.6) is 0 Å². The molecule has 2 aromatic carbocycles. The summed E-state index contributed by atoms with van der Waals surface area (Å²) in [6.07, 6.45) is 2.07. The van der Waals surface area contributed by atoms with Crippen LogP contribution in [0.25, 0.3) is 11.0 Å². The van der Waals surface area contributed by atoms with Gasteiger partial charge in [0, 0.05) is 30.1 Å². The van der Waals surface area contributed by atoms with Crippen LogP contribution in [-0.4, -0.2) is 36.1 Å². The Morgan fingerprint density at radius 2 is 1.91 bits per heavy atom. The van der Waals surface area contributed by atoms with Gasteiger partial charge >= 0.3 is 0 Å². The highest BCUT2D eigenvalue weighted by molar-refractivity contribution is 6.03. The molecule has 1 atom stereocenters. The smallest absolute Gasteiger partial charge is 0.262 e. The van der Waals surface area contributed by atoms with Crippen LogP contribution in [0.4, 0.5) is 5.69 Å². The predicted octanol–water partition coefficient (Wildman–Crippen LogP) is 4.18. The average Bonchev–Trinajstić information content (AvgIpc) is 3.60. The van der Waals surface area contributed by atoms with E-state index in [4.69, 9.17) is 8.83 Å². The monoisotopic (exact) mass is 442 g/mol. The second-order valence-corrected chi connectivity index (χ2v) is 7.68. The van der Waals surface area contributed by atoms with Gasteiger partial charge in [-0.3, -0.25) is 9.59 Å². The lowest BCUT2D eigenvalue weighted by molar-refractivity contribution is -0.131. The predicted molar refractivity (Wildman–Crippen MR) is 124 cm³/mol. The second kappa shape index (κ2) is 8.66. The average molecular weight is 442 g/mol. The molecule has 0 radical (unpaired) electrons. The van der Waals surface area contributed by atoms with Crippen LogP contribution in [0.15, 0.2) is 86.9 Å². The van der Waals surface area contributed by atoms with Crippen molar-refractivity contribution in [3.63, 3.8) is 0 Å². The van der Waals surface area contributed by atoms with Crippen molar-refractivity contribution in [2.24, 2.45) is 5.10 Å². The van der Waals surface area contributed by atoms with E-state index < -0.39 is 0 Å². The van der Waals surface area contributed by atoms with Crippen molar-refractivity contribution in [1.82, 2.24) is 10.3 Å². The molecule has 0 aliphatic carbocycles. The van der Waals surface area contributed by atoms with Crippen LogP contribution in [0, 0.1) is 0 Å². The molecule has 4 aromatic rings. The van der Waals surface area contributed by atoms with Gasteiger partial charge in [-0.25, -0.2) is 5.01 Å². The molecule has 2 N–H and O–H groups in total. The molecule has 2 aromatic heterocycles. The number of amides is 2. The molecular weight excluding hydrogens is 420 g/mol. The minimum absolute atomic E-state index is 0.0352. The lowest BCUT2D eigenvalue weighted by Crippen LogP contribution is -2.32. The zero-order chi connectivity index (χ0) is 22.8. The maximum atomic E-state index is 13.1. The summed E-state index contributed by atoms with van der Waals surface area (Å²) >= 11 is 0. The molecule has 3 heterocycles. The molecule has 166 valence electrons. The number of hydrogen-bond donors (Lipinski definition) is 2. The van der Waals surface area contributed by atoms with Gasteiger partial charge in [0.05, 0.1) is 12.8 Å². The molecule has 0 bridgehead atoms. The lowest BCUT2D eigenvalue weighted by Gasteiger charge is -2.20. The quantitative estimate of drug-likeness (QED) is 0.467. The molecule has 0 saturated heterocycles. The Bertz CT molecular complexity index is 1290. The molecule has 1 aliphatic heterocycles. The normalized spacial score (nSPS) is 15.5. The fraction of sp³-hybridized carbons (Fsp3) is 0.160. The van der Waals surface area contributed by atoms with Gasteiger partial charge in [0.2, 0.25) is 0 Å². The molecule has 5 rings (SSSR count). The second-order valence-electron chi connectivity index (χ2n) is 7.68. The summed E-state index contributed by atoms with van der Waals surface area (Å²) in [6, 6.07) is 19.9. The van der Waals surface area contributed by atoms with Crippen LogP contribution in [0.3, 0.4) is 0 Å². The first-order valence-electron chi connectivity index (χ1n) is 10.6. The van der Waals surface area contributed by atoms with E-state index in [1.165, 1.54) is 5.01 Å². The summed E-state index contributed by atoms with van der Waals surface area (Å²) in [6.45, 7) is 0.0352. The highest BCUT2D eigenvalue weighted by Gasteiger charge is 2.35. The SMILES string of the molecule is CNC(=O)c1ccc(NCC(=O)N2N=C(c3cc4ccccc4o3)C[C@H]2c2ccco2)cc1. The van der Waals surface area contributed by atoms with Crippen LogP contribution in [0.2, 0.25) is 0 Å². The first-order valence-corrected chi connectivity index (χ1v) is 10.6. The van der Waals surface area contributed by atoms with Crippen molar-refractivity contribution in [3.8, 4) is 0 Å². The van der Waals surface area contributed by atoms with Crippen LogP contribution in [-0.2, 0) is 4.79 Å². The zero-order valence-electron chi connectivity index (χ0n) is 17.9. The number of carbonyl (C=O) groups excluding carboxylic acids is 2. The highest BCUT2D eigenvalue weighted by atomic mass is 16.3. The minimum atomic E-state index is -0.354. The number of carbonyl (C=O) groups is 2. The molecule has 33 heavy (non-hydrogen) atoms. The fourth-order valence-corrected chi connectivity index (χ4v) is 3.86. The Morgan fingerprint density at radius 1 is 1.09 bits per heavy atom. The maximum Gasteiger partial charge on any atom is 0.262 e. The number of furan rings is 2. The van der Waals surface area contributed by atoms with Crippen molar-refractivity contribution in [2.75, 3.05) is 18.9 Å². The standard InChI is InChI=1S/C25H22N4O4/c1-26-25(31)16-8-10-18(11-9-16)27-15-24(30)29-20(22-7-4-12-32-22)14-19(28-29)23-13-17-5-2-3-6-21(17)33-23/h2-13,20,27H,14-15H2,1H3,(H,26,31)/t20-/m0/s1. The van der Waals surface area contributed by atoms with Gasteiger partial charge < -0.3 is 19.5 Å². The number of nitrogens with zero attached hydrogens (tertiary/aromatic N) is 2. The molecule has 2 amide bonds. The molecule has 0 saturated carbocycles. The maximum absolute atomic E-state index is 13.1. The third-order valence-electron chi connectivity index (χ3n) is 5.57. The third-order valence-corrected chi connectivity index (χ3v) is 5.57. The number of hydrazone groups is 1. The third kappa shape index (κ3) is 4.10. The van der Waals surface area contributed by atoms with Crippen LogP contribution >= 0.6 is 0 Å². The molecular formula is C25H22N4O4. The molecule has 0 unspecified atom stereocenters. The van der Waals surface area contributed by atoms with Gasteiger partial charge in [-0.15, -0.1) is 0 Å². The minimum Gasteiger partial charge on any atom is -0.467 e. The summed E-state index contributed by atoms with van der Waals surface area (Å²) in [7, 11) is 1.58. The van der Waals surface area contributed by atoms with Gasteiger partial charge in [-0.1, -0.05) is 18.2 Å². The van der Waals surface area contributed by atoms with Crippen molar-refractivity contribution < 1.29 is 18.4 Å². The van der Waals surface area contributed by atoms with E-state index in [1.54, 1.807) is 43.6 Å². The Morgan fingerprint density at radius 3 is 2.64 bits per heavy atom. The molecule has 1 aliphatic rings. The molecule has 0 fully saturated rings. The van der Waals surface area contributed by atoms with E-state index in [-0.39, 0.29) is 24.4 Å². The number of fused-ring (bicyclic) bond motifs is 1. The number of anilines is 1. The van der Waals surface area contributed by atoms with Gasteiger partial charge in [0.15, 0.2) is 5.76 Å². The van der Waals surface area contributed by atoms with Crippen LogP contribution in [0.1, 0.15) is 34.3 Å². The molecule has 8 nitrogen and oxygen atoms in total. The van der Waals surface area contributed by atoms with E-state index >= 15 is 0 Å². The topological polar surface area (TPSA) is 100 Å². The summed E-state index contributed by atoms with van der Waals surface area (Å²) in [4.78, 5) is 24.8. The van der Waals surface area contributed by atoms with Gasteiger partial charge in [-0.05, 0) is 48.5 Å². The van der Waals surface area contributed by atoms with Crippen molar-refractivity contribution in [2.45, 2.75) is 12.5 Å². The Balaban J connectivity index is 1.35. The Kier molecular flexibility index (Phi) is 5.40. The van der Waals surface area contributed by atoms with Gasteiger partial charge in [0.1, 0.15) is 23.1 Å². The first-order chi connectivity index (χ1) is 16.1. The number of benzene rings is 2. The number of para-hydroxylation sites is 1. The van der Waals surface area contributed by atoms with E-state index in [0.717, 1.165) is 16.7 Å². The van der Waals surface area contributed by atoms with E-state index in [9.17, 15) is 9.59 Å². The number of rotatable bonds is 6. The zero-order valence-corrected chi connectivity index (χ0v) is 17.9. The Labute approximate surface area is 189 Å². The summed E-state index contributed by atoms with van der Waals surface area (Å²) in [5, 5.41) is 12.7. The van der Waals surface area contributed by atoms with Crippen molar-refractivity contribution in [3.05, 3.63) is 90.1 Å². The van der Waals surface area contributed by atoms with Crippen LogP contribution < -0.4 is 10.6 Å². The molecule has 8 heteroatoms. The van der Waals surface area contributed by atoms with Gasteiger partial charge in [-0.2, -0.15) is 5.10 Å².